The minimum Gasteiger partial charge on any atom is -0.463 e. The van der Waals surface area contributed by atoms with Crippen molar-refractivity contribution >= 4 is 47.1 Å². The number of anilines is 1. The van der Waals surface area contributed by atoms with E-state index in [1.54, 1.807) is 0 Å². The summed E-state index contributed by atoms with van der Waals surface area (Å²) in [5.74, 6) is -1.64. The molecule has 2 aromatic heterocycles. The number of hydrogen-bond donors (Lipinski definition) is 2. The van der Waals surface area contributed by atoms with Crippen LogP contribution in [-0.4, -0.2) is 62.3 Å². The second-order valence-corrected chi connectivity index (χ2v) is 6.66. The van der Waals surface area contributed by atoms with Crippen LogP contribution in [0.4, 0.5) is 5.82 Å². The molecule has 3 rings (SSSR count). The van der Waals surface area contributed by atoms with E-state index in [9.17, 15) is 14.4 Å². The molecule has 4 atom stereocenters. The first-order valence-electron chi connectivity index (χ1n) is 8.53. The summed E-state index contributed by atoms with van der Waals surface area (Å²) in [6, 6.07) is 0. The van der Waals surface area contributed by atoms with E-state index in [1.807, 2.05) is 0 Å². The molecule has 2 aromatic rings. The van der Waals surface area contributed by atoms with Crippen molar-refractivity contribution in [1.29, 1.82) is 0 Å². The van der Waals surface area contributed by atoms with Crippen LogP contribution in [0.3, 0.4) is 0 Å². The summed E-state index contributed by atoms with van der Waals surface area (Å²) in [6.07, 6.45) is -2.83. The first-order valence-corrected chi connectivity index (χ1v) is 8.93. The van der Waals surface area contributed by atoms with Crippen molar-refractivity contribution in [2.75, 3.05) is 12.3 Å². The van der Waals surface area contributed by atoms with Crippen LogP contribution in [0, 0.1) is 4.77 Å². The van der Waals surface area contributed by atoms with E-state index in [-0.39, 0.29) is 17.2 Å². The fraction of sp³-hybridized carbons (Fsp3) is 0.500. The second kappa shape index (κ2) is 8.13. The molecule has 13 heteroatoms. The van der Waals surface area contributed by atoms with Gasteiger partial charge in [-0.15, -0.1) is 0 Å². The van der Waals surface area contributed by atoms with E-state index in [0.717, 1.165) is 0 Å². The van der Waals surface area contributed by atoms with Gasteiger partial charge in [0.2, 0.25) is 0 Å². The molecule has 0 aliphatic carbocycles. The molecule has 1 fully saturated rings. The number of esters is 3. The topological polar surface area (TPSA) is 161 Å². The Morgan fingerprint density at radius 2 is 1.83 bits per heavy atom. The fourth-order valence-corrected chi connectivity index (χ4v) is 3.38. The molecular weight excluding hydrogens is 406 g/mol. The van der Waals surface area contributed by atoms with Crippen molar-refractivity contribution in [1.82, 2.24) is 19.5 Å². The van der Waals surface area contributed by atoms with Gasteiger partial charge in [0.1, 0.15) is 24.6 Å². The smallest absolute Gasteiger partial charge is 0.303 e. The largest absolute Gasteiger partial charge is 0.463 e. The van der Waals surface area contributed by atoms with Crippen LogP contribution in [0.25, 0.3) is 11.2 Å². The molecule has 0 bridgehead atoms. The van der Waals surface area contributed by atoms with Gasteiger partial charge in [0.25, 0.3) is 0 Å². The molecule has 1 aliphatic rings. The predicted molar refractivity (Wildman–Crippen MR) is 98.8 cm³/mol. The summed E-state index contributed by atoms with van der Waals surface area (Å²) >= 11 is 5.36. The second-order valence-electron chi connectivity index (χ2n) is 6.27. The monoisotopic (exact) mass is 425 g/mol. The number of nitrogens with one attached hydrogen (secondary N) is 1. The van der Waals surface area contributed by atoms with Gasteiger partial charge in [-0.05, 0) is 12.2 Å². The number of hydrogen-bond acceptors (Lipinski definition) is 11. The van der Waals surface area contributed by atoms with Crippen LogP contribution >= 0.6 is 12.2 Å². The molecule has 0 saturated carbocycles. The van der Waals surface area contributed by atoms with Gasteiger partial charge in [0.15, 0.2) is 34.7 Å². The van der Waals surface area contributed by atoms with Gasteiger partial charge in [-0.3, -0.25) is 19.0 Å². The zero-order chi connectivity index (χ0) is 21.3. The molecule has 156 valence electrons. The number of rotatable bonds is 5. The third-order valence-electron chi connectivity index (χ3n) is 4.13. The average Bonchev–Trinajstić information content (AvgIpc) is 3.11. The summed E-state index contributed by atoms with van der Waals surface area (Å²) in [5.41, 5.74) is 6.53. The highest BCUT2D eigenvalue weighted by atomic mass is 32.1. The summed E-state index contributed by atoms with van der Waals surface area (Å²) in [5, 5.41) is 0. The van der Waals surface area contributed by atoms with Crippen LogP contribution in [-0.2, 0) is 33.3 Å². The summed E-state index contributed by atoms with van der Waals surface area (Å²) in [4.78, 5) is 45.5. The van der Waals surface area contributed by atoms with Gasteiger partial charge in [-0.25, -0.2) is 9.97 Å². The lowest BCUT2D eigenvalue weighted by Gasteiger charge is -2.23. The lowest BCUT2D eigenvalue weighted by molar-refractivity contribution is -0.166. The van der Waals surface area contributed by atoms with Crippen LogP contribution in [0.15, 0.2) is 6.33 Å². The molecule has 0 amide bonds. The molecule has 1 aliphatic heterocycles. The molecule has 0 unspecified atom stereocenters. The summed E-state index contributed by atoms with van der Waals surface area (Å²) in [7, 11) is 0. The Bertz CT molecular complexity index is 1020. The van der Waals surface area contributed by atoms with Crippen LogP contribution in [0.1, 0.15) is 27.0 Å². The van der Waals surface area contributed by atoms with Gasteiger partial charge in [-0.1, -0.05) is 0 Å². The number of aromatic amines is 1. The number of ether oxygens (including phenoxy) is 4. The maximum Gasteiger partial charge on any atom is 0.303 e. The van der Waals surface area contributed by atoms with E-state index >= 15 is 0 Å². The van der Waals surface area contributed by atoms with E-state index in [1.165, 1.54) is 31.7 Å². The Morgan fingerprint density at radius 3 is 2.45 bits per heavy atom. The van der Waals surface area contributed by atoms with Crippen molar-refractivity contribution in [2.24, 2.45) is 0 Å². The predicted octanol–water partition coefficient (Wildman–Crippen LogP) is 0.395. The Balaban J connectivity index is 2.08. The number of H-pyrrole nitrogens is 1. The van der Waals surface area contributed by atoms with Crippen LogP contribution in [0.2, 0.25) is 0 Å². The molecular formula is C16H19N5O7S. The number of nitrogens with zero attached hydrogens (tertiary/aromatic N) is 3. The molecule has 0 radical (unpaired) electrons. The van der Waals surface area contributed by atoms with Gasteiger partial charge in [-0.2, -0.15) is 0 Å². The van der Waals surface area contributed by atoms with E-state index < -0.39 is 42.4 Å². The lowest BCUT2D eigenvalue weighted by Crippen LogP contribution is -2.40. The zero-order valence-electron chi connectivity index (χ0n) is 15.8. The maximum atomic E-state index is 11.7. The van der Waals surface area contributed by atoms with Crippen LogP contribution in [0.5, 0.6) is 0 Å². The number of nitrogen functional groups attached to an aromatic ring is 1. The normalized spacial score (nSPS) is 23.7. The SMILES string of the molecule is CC(=O)OC[C@H]1O[C@@H](n2c(=S)[nH]c3c(N)ncnc32)[C@@H](OC(C)=O)[C@@H]1OC(C)=O. The number of aromatic nitrogens is 4. The van der Waals surface area contributed by atoms with Crippen LogP contribution < -0.4 is 5.73 Å². The van der Waals surface area contributed by atoms with E-state index in [0.29, 0.717) is 11.2 Å². The molecule has 29 heavy (non-hydrogen) atoms. The van der Waals surface area contributed by atoms with E-state index in [4.69, 9.17) is 36.9 Å². The van der Waals surface area contributed by atoms with Crippen molar-refractivity contribution in [2.45, 2.75) is 45.3 Å². The Hall–Kier alpha value is -3.06. The minimum atomic E-state index is -1.08. The van der Waals surface area contributed by atoms with Gasteiger partial charge in [0.05, 0.1) is 0 Å². The molecule has 12 nitrogen and oxygen atoms in total. The number of carbonyl (C=O) groups excluding carboxylic acids is 3. The highest BCUT2D eigenvalue weighted by Crippen LogP contribution is 2.36. The first-order chi connectivity index (χ1) is 13.7. The molecule has 0 aromatic carbocycles. The Morgan fingerprint density at radius 1 is 1.17 bits per heavy atom. The van der Waals surface area contributed by atoms with Gasteiger partial charge >= 0.3 is 17.9 Å². The lowest BCUT2D eigenvalue weighted by atomic mass is 10.1. The number of carbonyl (C=O) groups is 3. The third-order valence-corrected chi connectivity index (χ3v) is 4.43. The van der Waals surface area contributed by atoms with Crippen molar-refractivity contribution in [3.8, 4) is 0 Å². The number of imidazole rings is 1. The highest BCUT2D eigenvalue weighted by Gasteiger charge is 2.51. The van der Waals surface area contributed by atoms with Crippen molar-refractivity contribution < 1.29 is 33.3 Å². The van der Waals surface area contributed by atoms with E-state index in [2.05, 4.69) is 15.0 Å². The molecule has 3 heterocycles. The van der Waals surface area contributed by atoms with Gasteiger partial charge in [0, 0.05) is 20.8 Å². The third kappa shape index (κ3) is 4.19. The van der Waals surface area contributed by atoms with Crippen molar-refractivity contribution in [3.05, 3.63) is 11.1 Å². The average molecular weight is 425 g/mol. The quantitative estimate of drug-likeness (QED) is 0.387. The first kappa shape index (κ1) is 20.7. The minimum absolute atomic E-state index is 0.162. The summed E-state index contributed by atoms with van der Waals surface area (Å²) in [6.45, 7) is 3.41. The molecule has 1 saturated heterocycles. The van der Waals surface area contributed by atoms with Crippen molar-refractivity contribution in [3.63, 3.8) is 0 Å². The summed E-state index contributed by atoms with van der Waals surface area (Å²) < 4.78 is 23.3. The van der Waals surface area contributed by atoms with Gasteiger partial charge < -0.3 is 29.7 Å². The fourth-order valence-electron chi connectivity index (χ4n) is 3.09. The highest BCUT2D eigenvalue weighted by molar-refractivity contribution is 7.71. The number of nitrogens with two attached hydrogens (primary N) is 1. The molecule has 0 spiro atoms. The zero-order valence-corrected chi connectivity index (χ0v) is 16.6. The Kier molecular flexibility index (Phi) is 5.79. The standard InChI is InChI=1S/C16H19N5O7S/c1-6(22)25-4-9-11(26-7(2)23)12(27-8(3)24)15(28-9)21-14-10(20-16(21)29)13(17)18-5-19-14/h5,9,11-12,15H,4H2,1-3H3,(H,20,29)(H2,17,18,19)/t9-,11-,12+,15-/m1/s1. The molecule has 3 N–H and O–H groups in total. The maximum absolute atomic E-state index is 11.7. The Labute approximate surface area is 169 Å². The number of fused-ring (bicyclic) bond motifs is 1.